The molecule has 0 spiro atoms. The maximum absolute atomic E-state index is 11.9. The first-order valence-electron chi connectivity index (χ1n) is 11.8. The van der Waals surface area contributed by atoms with E-state index in [-0.39, 0.29) is 5.91 Å². The van der Waals surface area contributed by atoms with Crippen LogP contribution in [0.3, 0.4) is 0 Å². The molecule has 0 aliphatic carbocycles. The van der Waals surface area contributed by atoms with Crippen molar-refractivity contribution < 1.29 is 14.7 Å². The van der Waals surface area contributed by atoms with Gasteiger partial charge in [0, 0.05) is 6.42 Å². The summed E-state index contributed by atoms with van der Waals surface area (Å²) < 4.78 is 0. The average Bonchev–Trinajstić information content (AvgIpc) is 2.67. The SMILES string of the molecule is CCCCCCCCCCCCCCCCC(=O)N[C@@H](CCCCN)C(=O)O. The fraction of sp³-hybridized carbons (Fsp3) is 0.913. The summed E-state index contributed by atoms with van der Waals surface area (Å²) in [6.07, 6.45) is 20.4. The first kappa shape index (κ1) is 26.9. The van der Waals surface area contributed by atoms with Gasteiger partial charge in [-0.2, -0.15) is 0 Å². The number of carboxylic acid groups (broad SMARTS) is 1. The van der Waals surface area contributed by atoms with Crippen molar-refractivity contribution in [3.8, 4) is 0 Å². The Balaban J connectivity index is 3.45. The molecule has 0 rings (SSSR count). The summed E-state index contributed by atoms with van der Waals surface area (Å²) in [6.45, 7) is 2.81. The molecule has 0 aliphatic rings. The minimum atomic E-state index is -0.952. The second-order valence-electron chi connectivity index (χ2n) is 8.09. The maximum Gasteiger partial charge on any atom is 0.326 e. The topological polar surface area (TPSA) is 92.4 Å². The largest absolute Gasteiger partial charge is 0.480 e. The molecule has 5 nitrogen and oxygen atoms in total. The Morgan fingerprint density at radius 3 is 1.64 bits per heavy atom. The van der Waals surface area contributed by atoms with Gasteiger partial charge in [0.05, 0.1) is 0 Å². The molecular weight excluding hydrogens is 352 g/mol. The molecule has 0 heterocycles. The Kier molecular flexibility index (Phi) is 19.8. The first-order chi connectivity index (χ1) is 13.6. The standard InChI is InChI=1S/C23H46N2O3/c1-2-3-4-5-6-7-8-9-10-11-12-13-14-15-19-22(26)25-21(23(27)28)18-16-17-20-24/h21H,2-20,24H2,1H3,(H,25,26)(H,27,28)/t21-/m0/s1. The van der Waals surface area contributed by atoms with E-state index in [9.17, 15) is 9.59 Å². The van der Waals surface area contributed by atoms with Crippen molar-refractivity contribution in [1.82, 2.24) is 5.32 Å². The number of hydrogen-bond donors (Lipinski definition) is 3. The third-order valence-corrected chi connectivity index (χ3v) is 5.34. The number of rotatable bonds is 21. The van der Waals surface area contributed by atoms with Crippen molar-refractivity contribution in [1.29, 1.82) is 0 Å². The zero-order valence-electron chi connectivity index (χ0n) is 18.4. The molecule has 0 aliphatic heterocycles. The van der Waals surface area contributed by atoms with Gasteiger partial charge in [-0.3, -0.25) is 4.79 Å². The molecule has 0 fully saturated rings. The monoisotopic (exact) mass is 398 g/mol. The Bertz CT molecular complexity index is 375. The second-order valence-corrected chi connectivity index (χ2v) is 8.09. The predicted molar refractivity (Wildman–Crippen MR) is 117 cm³/mol. The Morgan fingerprint density at radius 1 is 0.750 bits per heavy atom. The smallest absolute Gasteiger partial charge is 0.326 e. The van der Waals surface area contributed by atoms with E-state index in [0.29, 0.717) is 19.4 Å². The van der Waals surface area contributed by atoms with Crippen LogP contribution in [0.4, 0.5) is 0 Å². The van der Waals surface area contributed by atoms with Gasteiger partial charge in [0.2, 0.25) is 5.91 Å². The van der Waals surface area contributed by atoms with Crippen LogP contribution < -0.4 is 11.1 Å². The molecule has 5 heteroatoms. The molecule has 28 heavy (non-hydrogen) atoms. The van der Waals surface area contributed by atoms with Crippen LogP contribution >= 0.6 is 0 Å². The van der Waals surface area contributed by atoms with E-state index in [4.69, 9.17) is 10.8 Å². The molecule has 1 amide bonds. The average molecular weight is 399 g/mol. The van der Waals surface area contributed by atoms with Crippen molar-refractivity contribution in [2.24, 2.45) is 5.73 Å². The van der Waals surface area contributed by atoms with Gasteiger partial charge in [0.15, 0.2) is 0 Å². The lowest BCUT2D eigenvalue weighted by Gasteiger charge is -2.14. The van der Waals surface area contributed by atoms with Crippen LogP contribution in [-0.2, 0) is 9.59 Å². The number of carboxylic acids is 1. The highest BCUT2D eigenvalue weighted by Gasteiger charge is 2.18. The van der Waals surface area contributed by atoms with Crippen molar-refractivity contribution in [2.45, 2.75) is 129 Å². The van der Waals surface area contributed by atoms with Crippen LogP contribution in [0.15, 0.2) is 0 Å². The molecule has 0 saturated carbocycles. The van der Waals surface area contributed by atoms with Crippen LogP contribution in [-0.4, -0.2) is 29.6 Å². The molecule has 0 bridgehead atoms. The minimum Gasteiger partial charge on any atom is -0.480 e. The van der Waals surface area contributed by atoms with E-state index < -0.39 is 12.0 Å². The van der Waals surface area contributed by atoms with Crippen molar-refractivity contribution in [3.05, 3.63) is 0 Å². The van der Waals surface area contributed by atoms with Crippen molar-refractivity contribution in [3.63, 3.8) is 0 Å². The number of carbonyl (C=O) groups is 2. The van der Waals surface area contributed by atoms with Crippen LogP contribution in [0.1, 0.15) is 122 Å². The summed E-state index contributed by atoms with van der Waals surface area (Å²) in [7, 11) is 0. The number of unbranched alkanes of at least 4 members (excludes halogenated alkanes) is 14. The van der Waals surface area contributed by atoms with Gasteiger partial charge < -0.3 is 16.2 Å². The Labute approximate surface area is 173 Å². The van der Waals surface area contributed by atoms with Crippen LogP contribution in [0, 0.1) is 0 Å². The number of nitrogens with one attached hydrogen (secondary N) is 1. The normalized spacial score (nSPS) is 12.1. The predicted octanol–water partition coefficient (Wildman–Crippen LogP) is 5.56. The molecule has 0 saturated heterocycles. The lowest BCUT2D eigenvalue weighted by atomic mass is 10.0. The molecule has 1 atom stereocenters. The number of amides is 1. The summed E-state index contributed by atoms with van der Waals surface area (Å²) in [5.41, 5.74) is 5.42. The lowest BCUT2D eigenvalue weighted by Crippen LogP contribution is -2.40. The second kappa shape index (κ2) is 20.6. The highest BCUT2D eigenvalue weighted by molar-refractivity contribution is 5.83. The molecule has 0 aromatic carbocycles. The van der Waals surface area contributed by atoms with Gasteiger partial charge in [-0.1, -0.05) is 90.4 Å². The van der Waals surface area contributed by atoms with Crippen LogP contribution in [0.5, 0.6) is 0 Å². The maximum atomic E-state index is 11.9. The molecular formula is C23H46N2O3. The van der Waals surface area contributed by atoms with E-state index in [1.165, 1.54) is 77.0 Å². The summed E-state index contributed by atoms with van der Waals surface area (Å²) in [4.78, 5) is 23.1. The minimum absolute atomic E-state index is 0.140. The fourth-order valence-corrected chi connectivity index (χ4v) is 3.50. The molecule has 4 N–H and O–H groups in total. The third kappa shape index (κ3) is 18.3. The Hall–Kier alpha value is -1.10. The van der Waals surface area contributed by atoms with Crippen molar-refractivity contribution >= 4 is 11.9 Å². The van der Waals surface area contributed by atoms with Crippen LogP contribution in [0.2, 0.25) is 0 Å². The van der Waals surface area contributed by atoms with E-state index in [1.54, 1.807) is 0 Å². The van der Waals surface area contributed by atoms with E-state index in [0.717, 1.165) is 25.7 Å². The van der Waals surface area contributed by atoms with Gasteiger partial charge in [-0.25, -0.2) is 4.79 Å². The van der Waals surface area contributed by atoms with Gasteiger partial charge in [-0.05, 0) is 32.2 Å². The van der Waals surface area contributed by atoms with Crippen molar-refractivity contribution in [2.75, 3.05) is 6.54 Å². The number of nitrogens with two attached hydrogens (primary N) is 1. The summed E-state index contributed by atoms with van der Waals surface area (Å²) >= 11 is 0. The van der Waals surface area contributed by atoms with Gasteiger partial charge >= 0.3 is 5.97 Å². The van der Waals surface area contributed by atoms with E-state index >= 15 is 0 Å². The molecule has 0 radical (unpaired) electrons. The lowest BCUT2D eigenvalue weighted by molar-refractivity contribution is -0.142. The Morgan fingerprint density at radius 2 is 1.21 bits per heavy atom. The van der Waals surface area contributed by atoms with Gasteiger partial charge in [0.1, 0.15) is 6.04 Å². The quantitative estimate of drug-likeness (QED) is 0.221. The fourth-order valence-electron chi connectivity index (χ4n) is 3.50. The molecule has 0 aromatic heterocycles. The van der Waals surface area contributed by atoms with Gasteiger partial charge in [0.25, 0.3) is 0 Å². The summed E-state index contributed by atoms with van der Waals surface area (Å²) in [6, 6.07) is -0.773. The highest BCUT2D eigenvalue weighted by atomic mass is 16.4. The van der Waals surface area contributed by atoms with E-state index in [2.05, 4.69) is 12.2 Å². The summed E-state index contributed by atoms with van der Waals surface area (Å²) in [5.74, 6) is -1.09. The summed E-state index contributed by atoms with van der Waals surface area (Å²) in [5, 5.41) is 11.8. The zero-order valence-corrected chi connectivity index (χ0v) is 18.4. The first-order valence-corrected chi connectivity index (χ1v) is 11.8. The number of carbonyl (C=O) groups excluding carboxylic acids is 1. The zero-order chi connectivity index (χ0) is 20.9. The highest BCUT2D eigenvalue weighted by Crippen LogP contribution is 2.13. The number of aliphatic carboxylic acids is 1. The van der Waals surface area contributed by atoms with Crippen LogP contribution in [0.25, 0.3) is 0 Å². The molecule has 0 unspecified atom stereocenters. The number of hydrogen-bond acceptors (Lipinski definition) is 3. The van der Waals surface area contributed by atoms with Gasteiger partial charge in [-0.15, -0.1) is 0 Å². The molecule has 166 valence electrons. The molecule has 0 aromatic rings. The third-order valence-electron chi connectivity index (χ3n) is 5.34. The van der Waals surface area contributed by atoms with E-state index in [1.807, 2.05) is 0 Å².